The average molecular weight is 560 g/mol. The van der Waals surface area contributed by atoms with E-state index >= 15 is 0 Å². The lowest BCUT2D eigenvalue weighted by Crippen LogP contribution is -2.54. The van der Waals surface area contributed by atoms with E-state index in [4.69, 9.17) is 44.3 Å². The molecule has 0 unspecified atom stereocenters. The Labute approximate surface area is 228 Å². The molecule has 37 heavy (non-hydrogen) atoms. The summed E-state index contributed by atoms with van der Waals surface area (Å²) < 4.78 is 11.3. The summed E-state index contributed by atoms with van der Waals surface area (Å²) in [7, 11) is 1.43. The molecule has 1 N–H and O–H groups in total. The Bertz CT molecular complexity index is 1470. The van der Waals surface area contributed by atoms with Crippen molar-refractivity contribution < 1.29 is 23.9 Å². The van der Waals surface area contributed by atoms with E-state index in [-0.39, 0.29) is 28.7 Å². The predicted octanol–water partition coefficient (Wildman–Crippen LogP) is 6.52. The maximum Gasteiger partial charge on any atom is 0.335 e. The topological polar surface area (TPSA) is 84.9 Å². The molecule has 1 saturated heterocycles. The summed E-state index contributed by atoms with van der Waals surface area (Å²) in [6.45, 7) is 3.88. The molecule has 0 spiro atoms. The third-order valence-corrected chi connectivity index (χ3v) is 6.67. The number of imide groups is 2. The van der Waals surface area contributed by atoms with Gasteiger partial charge in [-0.1, -0.05) is 46.9 Å². The molecule has 1 aliphatic heterocycles. The average Bonchev–Trinajstić information content (AvgIpc) is 2.84. The van der Waals surface area contributed by atoms with Crippen molar-refractivity contribution in [2.45, 2.75) is 20.5 Å². The Morgan fingerprint density at radius 1 is 0.919 bits per heavy atom. The van der Waals surface area contributed by atoms with Crippen LogP contribution in [-0.2, 0) is 16.2 Å². The van der Waals surface area contributed by atoms with E-state index in [9.17, 15) is 14.4 Å². The number of amides is 4. The van der Waals surface area contributed by atoms with Crippen molar-refractivity contribution in [2.24, 2.45) is 0 Å². The monoisotopic (exact) mass is 558 g/mol. The van der Waals surface area contributed by atoms with Gasteiger partial charge in [0.2, 0.25) is 0 Å². The van der Waals surface area contributed by atoms with E-state index in [1.807, 2.05) is 13.8 Å². The molecule has 3 aromatic rings. The Balaban J connectivity index is 1.65. The molecular formula is C27H21Cl3N2O5. The van der Waals surface area contributed by atoms with Crippen LogP contribution in [0.2, 0.25) is 15.1 Å². The van der Waals surface area contributed by atoms with Crippen molar-refractivity contribution in [2.75, 3.05) is 12.0 Å². The van der Waals surface area contributed by atoms with Gasteiger partial charge in [0.05, 0.1) is 17.8 Å². The van der Waals surface area contributed by atoms with Crippen LogP contribution in [0, 0.1) is 13.8 Å². The number of hydrogen-bond acceptors (Lipinski definition) is 5. The summed E-state index contributed by atoms with van der Waals surface area (Å²) in [4.78, 5) is 39.2. The molecule has 7 nitrogen and oxygen atoms in total. The molecule has 190 valence electrons. The van der Waals surface area contributed by atoms with Gasteiger partial charge in [-0.05, 0) is 73.0 Å². The number of nitrogens with zero attached hydrogens (tertiary/aromatic N) is 1. The molecule has 1 fully saturated rings. The number of hydrogen-bond donors (Lipinski definition) is 1. The van der Waals surface area contributed by atoms with Crippen LogP contribution in [0.15, 0.2) is 54.1 Å². The molecule has 1 aliphatic rings. The first-order valence-electron chi connectivity index (χ1n) is 11.0. The van der Waals surface area contributed by atoms with Gasteiger partial charge < -0.3 is 9.47 Å². The van der Waals surface area contributed by atoms with Crippen molar-refractivity contribution in [3.05, 3.63) is 91.4 Å². The molecule has 1 heterocycles. The second kappa shape index (κ2) is 10.8. The van der Waals surface area contributed by atoms with E-state index < -0.39 is 17.8 Å². The highest BCUT2D eigenvalue weighted by atomic mass is 35.5. The van der Waals surface area contributed by atoms with Crippen LogP contribution in [0.4, 0.5) is 10.5 Å². The molecule has 3 aromatic carbocycles. The Morgan fingerprint density at radius 3 is 2.35 bits per heavy atom. The van der Waals surface area contributed by atoms with Gasteiger partial charge in [-0.25, -0.2) is 9.69 Å². The maximum absolute atomic E-state index is 13.2. The minimum Gasteiger partial charge on any atom is -0.493 e. The van der Waals surface area contributed by atoms with Crippen LogP contribution in [0.5, 0.6) is 11.5 Å². The van der Waals surface area contributed by atoms with Gasteiger partial charge >= 0.3 is 6.03 Å². The van der Waals surface area contributed by atoms with E-state index in [0.29, 0.717) is 26.9 Å². The van der Waals surface area contributed by atoms with Crippen molar-refractivity contribution in [3.8, 4) is 11.5 Å². The molecular weight excluding hydrogens is 539 g/mol. The number of nitrogens with one attached hydrogen (secondary N) is 1. The summed E-state index contributed by atoms with van der Waals surface area (Å²) in [5.74, 6) is -1.05. The Kier molecular flexibility index (Phi) is 7.78. The highest BCUT2D eigenvalue weighted by Crippen LogP contribution is 2.38. The van der Waals surface area contributed by atoms with Gasteiger partial charge in [-0.2, -0.15) is 0 Å². The first-order chi connectivity index (χ1) is 17.6. The number of carbonyl (C=O) groups excluding carboxylic acids is 3. The third-order valence-electron chi connectivity index (χ3n) is 5.80. The molecule has 10 heteroatoms. The van der Waals surface area contributed by atoms with E-state index in [1.54, 1.807) is 42.5 Å². The van der Waals surface area contributed by atoms with Gasteiger partial charge in [0.15, 0.2) is 11.5 Å². The van der Waals surface area contributed by atoms with Gasteiger partial charge in [-0.3, -0.25) is 14.9 Å². The lowest BCUT2D eigenvalue weighted by Gasteiger charge is -2.27. The zero-order valence-corrected chi connectivity index (χ0v) is 22.3. The largest absolute Gasteiger partial charge is 0.493 e. The van der Waals surface area contributed by atoms with Crippen molar-refractivity contribution in [1.29, 1.82) is 0 Å². The van der Waals surface area contributed by atoms with Crippen molar-refractivity contribution >= 4 is 64.4 Å². The number of carbonyl (C=O) groups is 3. The smallest absolute Gasteiger partial charge is 0.335 e. The van der Waals surface area contributed by atoms with Crippen molar-refractivity contribution in [3.63, 3.8) is 0 Å². The van der Waals surface area contributed by atoms with Crippen LogP contribution in [-0.4, -0.2) is 25.0 Å². The number of aryl methyl sites for hydroxylation is 2. The highest BCUT2D eigenvalue weighted by molar-refractivity contribution is 6.39. The number of methoxy groups -OCH3 is 1. The number of anilines is 1. The summed E-state index contributed by atoms with van der Waals surface area (Å²) in [5.41, 5.74) is 3.10. The molecule has 0 aromatic heterocycles. The summed E-state index contributed by atoms with van der Waals surface area (Å²) >= 11 is 18.6. The highest BCUT2D eigenvalue weighted by Gasteiger charge is 2.37. The van der Waals surface area contributed by atoms with Crippen LogP contribution < -0.4 is 19.7 Å². The first kappa shape index (κ1) is 26.5. The van der Waals surface area contributed by atoms with Gasteiger partial charge in [0.25, 0.3) is 11.8 Å². The third kappa shape index (κ3) is 5.59. The Morgan fingerprint density at radius 2 is 1.68 bits per heavy atom. The van der Waals surface area contributed by atoms with Crippen LogP contribution >= 0.6 is 34.8 Å². The summed E-state index contributed by atoms with van der Waals surface area (Å²) in [6.07, 6.45) is 1.34. The molecule has 0 atom stereocenters. The number of ether oxygens (including phenoxy) is 2. The lowest BCUT2D eigenvalue weighted by molar-refractivity contribution is -0.122. The van der Waals surface area contributed by atoms with Gasteiger partial charge in [0.1, 0.15) is 12.2 Å². The molecule has 4 amide bonds. The van der Waals surface area contributed by atoms with Crippen LogP contribution in [0.25, 0.3) is 6.08 Å². The number of benzene rings is 3. The number of halogens is 3. The zero-order valence-electron chi connectivity index (χ0n) is 20.0. The number of barbiturate groups is 1. The maximum atomic E-state index is 13.2. The SMILES string of the molecule is COc1cc(/C=C2\C(=O)NC(=O)N(c3ccc(C)c(C)c3)C2=O)cc(Cl)c1OCc1ccc(Cl)cc1Cl. The van der Waals surface area contributed by atoms with Crippen molar-refractivity contribution in [1.82, 2.24) is 5.32 Å². The fourth-order valence-electron chi connectivity index (χ4n) is 3.68. The standard InChI is InChI=1S/C27H21Cl3N2O5/c1-14-4-7-19(8-15(14)2)32-26(34)20(25(33)31-27(32)35)9-16-10-22(30)24(23(11-16)36-3)37-13-17-5-6-18(28)12-21(17)29/h4-12H,13H2,1-3H3,(H,31,33,35)/b20-9+. The minimum absolute atomic E-state index is 0.0977. The van der Waals surface area contributed by atoms with Gasteiger partial charge in [-0.15, -0.1) is 0 Å². The van der Waals surface area contributed by atoms with Crippen LogP contribution in [0.3, 0.4) is 0 Å². The Hall–Kier alpha value is -3.52. The quantitative estimate of drug-likeness (QED) is 0.275. The second-order valence-corrected chi connectivity index (χ2v) is 9.54. The van der Waals surface area contributed by atoms with E-state index in [2.05, 4.69) is 5.32 Å². The molecule has 0 aliphatic carbocycles. The number of rotatable bonds is 6. The first-order valence-corrected chi connectivity index (χ1v) is 12.2. The van der Waals surface area contributed by atoms with E-state index in [1.165, 1.54) is 19.3 Å². The summed E-state index contributed by atoms with van der Waals surface area (Å²) in [6, 6.07) is 12.4. The fraction of sp³-hybridized carbons (Fsp3) is 0.148. The van der Waals surface area contributed by atoms with E-state index in [0.717, 1.165) is 16.0 Å². The summed E-state index contributed by atoms with van der Waals surface area (Å²) in [5, 5.41) is 3.33. The molecule has 0 saturated carbocycles. The zero-order chi connectivity index (χ0) is 26.9. The van der Waals surface area contributed by atoms with Crippen LogP contribution in [0.1, 0.15) is 22.3 Å². The predicted molar refractivity (Wildman–Crippen MR) is 144 cm³/mol. The lowest BCUT2D eigenvalue weighted by atomic mass is 10.0. The fourth-order valence-corrected chi connectivity index (χ4v) is 4.41. The second-order valence-electron chi connectivity index (χ2n) is 8.28. The number of urea groups is 1. The van der Waals surface area contributed by atoms with Gasteiger partial charge in [0, 0.05) is 15.6 Å². The molecule has 4 rings (SSSR count). The minimum atomic E-state index is -0.823. The normalized spacial score (nSPS) is 14.7. The molecule has 0 radical (unpaired) electrons. The molecule has 0 bridgehead atoms.